The lowest BCUT2D eigenvalue weighted by molar-refractivity contribution is 0.163. The number of hydrogen-bond donors (Lipinski definition) is 1. The maximum atomic E-state index is 6.34. The predicted octanol–water partition coefficient (Wildman–Crippen LogP) is 4.76. The zero-order chi connectivity index (χ0) is 15.6. The molecule has 0 aliphatic heterocycles. The number of nitrogens with zero attached hydrogens (tertiary/aromatic N) is 2. The van der Waals surface area contributed by atoms with Gasteiger partial charge in [-0.2, -0.15) is 0 Å². The topological polar surface area (TPSA) is 39.1 Å². The van der Waals surface area contributed by atoms with Crippen molar-refractivity contribution in [3.63, 3.8) is 0 Å². The number of ether oxygens (including phenoxy) is 1. The molecule has 1 unspecified atom stereocenters. The third-order valence-electron chi connectivity index (χ3n) is 3.26. The molecule has 1 atom stereocenters. The molecule has 21 heavy (non-hydrogen) atoms. The molecule has 0 aliphatic rings. The molecule has 1 aromatic carbocycles. The summed E-state index contributed by atoms with van der Waals surface area (Å²) in [6.45, 7) is 6.55. The minimum absolute atomic E-state index is 0.154. The average molecular weight is 328 g/mol. The molecule has 0 aliphatic carbocycles. The summed E-state index contributed by atoms with van der Waals surface area (Å²) in [6, 6.07) is 3.87. The van der Waals surface area contributed by atoms with E-state index in [9.17, 15) is 0 Å². The lowest BCUT2D eigenvalue weighted by atomic mass is 10.2. The molecule has 0 fully saturated rings. The van der Waals surface area contributed by atoms with E-state index in [-0.39, 0.29) is 6.04 Å². The number of hydrogen-bond acceptors (Lipinski definition) is 3. The number of benzene rings is 1. The molecule has 0 saturated carbocycles. The summed E-state index contributed by atoms with van der Waals surface area (Å²) < 4.78 is 7.23. The van der Waals surface area contributed by atoms with Crippen LogP contribution in [0.2, 0.25) is 10.0 Å². The van der Waals surface area contributed by atoms with Gasteiger partial charge in [0, 0.05) is 13.3 Å². The highest BCUT2D eigenvalue weighted by Gasteiger charge is 2.15. The van der Waals surface area contributed by atoms with Gasteiger partial charge in [0.05, 0.1) is 34.1 Å². The van der Waals surface area contributed by atoms with Crippen LogP contribution in [-0.4, -0.2) is 23.3 Å². The second-order valence-electron chi connectivity index (χ2n) is 5.10. The number of anilines is 2. The summed E-state index contributed by atoms with van der Waals surface area (Å²) in [5.41, 5.74) is 2.55. The second-order valence-corrected chi connectivity index (χ2v) is 5.88. The first-order valence-electron chi connectivity index (χ1n) is 6.70. The molecule has 0 saturated heterocycles. The van der Waals surface area contributed by atoms with Crippen molar-refractivity contribution in [3.8, 4) is 0 Å². The summed E-state index contributed by atoms with van der Waals surface area (Å²) in [4.78, 5) is 4.50. The second kappa shape index (κ2) is 6.69. The largest absolute Gasteiger partial charge is 0.383 e. The standard InChI is InChI=1S/C15H19Cl2N3O/c1-9-5-6-12(16)14(13(9)17)19-15-18-10(2)7-20(15)11(3)8-21-4/h5-7,11H,8H2,1-4H3,(H,18,19). The van der Waals surface area contributed by atoms with Crippen LogP contribution in [-0.2, 0) is 4.74 Å². The van der Waals surface area contributed by atoms with Gasteiger partial charge in [-0.05, 0) is 32.4 Å². The van der Waals surface area contributed by atoms with Crippen LogP contribution in [0.4, 0.5) is 11.6 Å². The molecule has 0 spiro atoms. The minimum Gasteiger partial charge on any atom is -0.383 e. The zero-order valence-electron chi connectivity index (χ0n) is 12.6. The van der Waals surface area contributed by atoms with Gasteiger partial charge in [0.1, 0.15) is 0 Å². The van der Waals surface area contributed by atoms with Gasteiger partial charge in [0.15, 0.2) is 0 Å². The average Bonchev–Trinajstić information content (AvgIpc) is 2.80. The lowest BCUT2D eigenvalue weighted by Gasteiger charge is -2.17. The maximum Gasteiger partial charge on any atom is 0.207 e. The Bertz CT molecular complexity index is 640. The van der Waals surface area contributed by atoms with Gasteiger partial charge in [-0.25, -0.2) is 4.98 Å². The molecule has 1 aromatic heterocycles. The molecule has 2 rings (SSSR count). The molecule has 6 heteroatoms. The van der Waals surface area contributed by atoms with Crippen LogP contribution in [0.25, 0.3) is 0 Å². The minimum atomic E-state index is 0.154. The van der Waals surface area contributed by atoms with Crippen molar-refractivity contribution in [3.05, 3.63) is 39.6 Å². The van der Waals surface area contributed by atoms with Gasteiger partial charge in [-0.3, -0.25) is 0 Å². The molecule has 0 radical (unpaired) electrons. The fourth-order valence-electron chi connectivity index (χ4n) is 2.15. The summed E-state index contributed by atoms with van der Waals surface area (Å²) >= 11 is 12.6. The van der Waals surface area contributed by atoms with E-state index in [1.54, 1.807) is 7.11 Å². The van der Waals surface area contributed by atoms with Crippen molar-refractivity contribution in [2.45, 2.75) is 26.8 Å². The van der Waals surface area contributed by atoms with Gasteiger partial charge in [-0.15, -0.1) is 0 Å². The van der Waals surface area contributed by atoms with Crippen LogP contribution in [0.3, 0.4) is 0 Å². The molecule has 0 amide bonds. The Kier molecular flexibility index (Phi) is 5.14. The first-order chi connectivity index (χ1) is 9.93. The molecule has 0 bridgehead atoms. The quantitative estimate of drug-likeness (QED) is 0.860. The van der Waals surface area contributed by atoms with Crippen molar-refractivity contribution in [2.75, 3.05) is 19.0 Å². The number of methoxy groups -OCH3 is 1. The van der Waals surface area contributed by atoms with Crippen molar-refractivity contribution >= 4 is 34.8 Å². The summed E-state index contributed by atoms with van der Waals surface area (Å²) in [7, 11) is 1.68. The molecule has 2 aromatic rings. The fourth-order valence-corrected chi connectivity index (χ4v) is 2.61. The predicted molar refractivity (Wildman–Crippen MR) is 88.0 cm³/mol. The van der Waals surface area contributed by atoms with E-state index in [0.29, 0.717) is 28.3 Å². The normalized spacial score (nSPS) is 12.5. The smallest absolute Gasteiger partial charge is 0.207 e. The van der Waals surface area contributed by atoms with Gasteiger partial charge < -0.3 is 14.6 Å². The van der Waals surface area contributed by atoms with Crippen molar-refractivity contribution < 1.29 is 4.74 Å². The number of aromatic nitrogens is 2. The third-order valence-corrected chi connectivity index (χ3v) is 4.06. The van der Waals surface area contributed by atoms with Gasteiger partial charge in [-0.1, -0.05) is 29.3 Å². The highest BCUT2D eigenvalue weighted by molar-refractivity contribution is 6.39. The number of nitrogens with one attached hydrogen (secondary N) is 1. The monoisotopic (exact) mass is 327 g/mol. The van der Waals surface area contributed by atoms with Gasteiger partial charge in [0.2, 0.25) is 5.95 Å². The Labute approximate surface area is 135 Å². The van der Waals surface area contributed by atoms with Crippen LogP contribution in [0.15, 0.2) is 18.3 Å². The van der Waals surface area contributed by atoms with E-state index in [4.69, 9.17) is 27.9 Å². The maximum absolute atomic E-state index is 6.34. The van der Waals surface area contributed by atoms with E-state index < -0.39 is 0 Å². The summed E-state index contributed by atoms with van der Waals surface area (Å²) in [5.74, 6) is 0.700. The van der Waals surface area contributed by atoms with Gasteiger partial charge >= 0.3 is 0 Å². The van der Waals surface area contributed by atoms with Crippen molar-refractivity contribution in [1.82, 2.24) is 9.55 Å². The first kappa shape index (κ1) is 16.1. The molecule has 1 N–H and O–H groups in total. The first-order valence-corrected chi connectivity index (χ1v) is 7.45. The summed E-state index contributed by atoms with van der Waals surface area (Å²) in [5, 5.41) is 4.41. The Hall–Kier alpha value is -1.23. The third kappa shape index (κ3) is 3.51. The lowest BCUT2D eigenvalue weighted by Crippen LogP contribution is -2.13. The Morgan fingerprint density at radius 1 is 1.33 bits per heavy atom. The highest BCUT2D eigenvalue weighted by Crippen LogP contribution is 2.35. The van der Waals surface area contributed by atoms with Crippen molar-refractivity contribution in [2.24, 2.45) is 0 Å². The Balaban J connectivity index is 2.38. The molecule has 1 heterocycles. The summed E-state index contributed by atoms with van der Waals surface area (Å²) in [6.07, 6.45) is 1.98. The number of aryl methyl sites for hydroxylation is 2. The zero-order valence-corrected chi connectivity index (χ0v) is 14.1. The number of rotatable bonds is 5. The number of imidazole rings is 1. The fraction of sp³-hybridized carbons (Fsp3) is 0.400. The highest BCUT2D eigenvalue weighted by atomic mass is 35.5. The molecule has 4 nitrogen and oxygen atoms in total. The Morgan fingerprint density at radius 2 is 2.05 bits per heavy atom. The van der Waals surface area contributed by atoms with Crippen LogP contribution < -0.4 is 5.32 Å². The van der Waals surface area contributed by atoms with Crippen LogP contribution in [0.5, 0.6) is 0 Å². The molecular formula is C15H19Cl2N3O. The van der Waals surface area contributed by atoms with Crippen LogP contribution >= 0.6 is 23.2 Å². The van der Waals surface area contributed by atoms with E-state index >= 15 is 0 Å². The van der Waals surface area contributed by atoms with E-state index in [1.807, 2.05) is 36.7 Å². The van der Waals surface area contributed by atoms with Crippen LogP contribution in [0.1, 0.15) is 24.2 Å². The van der Waals surface area contributed by atoms with Crippen LogP contribution in [0, 0.1) is 13.8 Å². The van der Waals surface area contributed by atoms with Crippen molar-refractivity contribution in [1.29, 1.82) is 0 Å². The SMILES string of the molecule is COCC(C)n1cc(C)nc1Nc1c(Cl)ccc(C)c1Cl. The van der Waals surface area contributed by atoms with E-state index in [2.05, 4.69) is 17.2 Å². The Morgan fingerprint density at radius 3 is 2.71 bits per heavy atom. The van der Waals surface area contributed by atoms with Gasteiger partial charge in [0.25, 0.3) is 0 Å². The molecule has 114 valence electrons. The van der Waals surface area contributed by atoms with E-state index in [0.717, 1.165) is 11.3 Å². The molecular weight excluding hydrogens is 309 g/mol. The van der Waals surface area contributed by atoms with E-state index in [1.165, 1.54) is 0 Å². The number of halogens is 2.